The fourth-order valence-corrected chi connectivity index (χ4v) is 0.823. The maximum absolute atomic E-state index is 5.69. The first-order valence-electron chi connectivity index (χ1n) is 2.76. The number of hydrogen-bond donors (Lipinski definition) is 1. The molecular formula is C6H6Cl2N2. The number of nitrogens with one attached hydrogen (secondary N) is 1. The van der Waals surface area contributed by atoms with Gasteiger partial charge in [-0.05, 0) is 23.9 Å². The van der Waals surface area contributed by atoms with Gasteiger partial charge in [-0.1, -0.05) is 17.7 Å². The standard InChI is InChI=1S/C6H6Cl2N2/c7-6(10-8)5-3-1-2-4-9-5/h1-4,6,10H. The smallest absolute Gasteiger partial charge is 0.138 e. The van der Waals surface area contributed by atoms with Crippen molar-refractivity contribution in [2.45, 2.75) is 5.50 Å². The van der Waals surface area contributed by atoms with E-state index in [0.717, 1.165) is 5.69 Å². The molecule has 0 aliphatic carbocycles. The largest absolute Gasteiger partial charge is 0.258 e. The lowest BCUT2D eigenvalue weighted by atomic mass is 10.3. The molecular weight excluding hydrogens is 171 g/mol. The Morgan fingerprint density at radius 3 is 2.80 bits per heavy atom. The third-order valence-electron chi connectivity index (χ3n) is 1.04. The monoisotopic (exact) mass is 176 g/mol. The first kappa shape index (κ1) is 7.79. The van der Waals surface area contributed by atoms with Crippen molar-refractivity contribution in [3.63, 3.8) is 0 Å². The molecule has 1 rings (SSSR count). The summed E-state index contributed by atoms with van der Waals surface area (Å²) in [6.45, 7) is 0. The molecule has 0 saturated heterocycles. The maximum Gasteiger partial charge on any atom is 0.138 e. The highest BCUT2D eigenvalue weighted by molar-refractivity contribution is 6.25. The summed E-state index contributed by atoms with van der Waals surface area (Å²) < 4.78 is 0. The fourth-order valence-electron chi connectivity index (χ4n) is 0.582. The van der Waals surface area contributed by atoms with Crippen LogP contribution in [0.25, 0.3) is 0 Å². The Labute approximate surface area is 69.3 Å². The van der Waals surface area contributed by atoms with Gasteiger partial charge in [0, 0.05) is 6.20 Å². The molecule has 1 unspecified atom stereocenters. The summed E-state index contributed by atoms with van der Waals surface area (Å²) in [6.07, 6.45) is 1.67. The highest BCUT2D eigenvalue weighted by Gasteiger charge is 2.04. The first-order valence-corrected chi connectivity index (χ1v) is 3.57. The van der Waals surface area contributed by atoms with Crippen molar-refractivity contribution in [1.82, 2.24) is 9.82 Å². The summed E-state index contributed by atoms with van der Waals surface area (Å²) in [5, 5.41) is 0. The Bertz CT molecular complexity index is 190. The molecule has 0 fully saturated rings. The van der Waals surface area contributed by atoms with E-state index in [1.54, 1.807) is 12.3 Å². The molecule has 0 aliphatic rings. The molecule has 0 amide bonds. The lowest BCUT2D eigenvalue weighted by Gasteiger charge is -2.02. The van der Waals surface area contributed by atoms with E-state index < -0.39 is 5.50 Å². The van der Waals surface area contributed by atoms with Gasteiger partial charge in [0.1, 0.15) is 5.50 Å². The summed E-state index contributed by atoms with van der Waals surface area (Å²) in [5.41, 5.74) is 0.307. The van der Waals surface area contributed by atoms with Crippen molar-refractivity contribution < 1.29 is 0 Å². The van der Waals surface area contributed by atoms with Crippen LogP contribution in [0.1, 0.15) is 11.2 Å². The van der Waals surface area contributed by atoms with Crippen molar-refractivity contribution in [3.05, 3.63) is 30.1 Å². The van der Waals surface area contributed by atoms with Gasteiger partial charge in [-0.3, -0.25) is 4.98 Å². The molecule has 0 aromatic carbocycles. The van der Waals surface area contributed by atoms with Crippen LogP contribution < -0.4 is 4.84 Å². The number of hydrogen-bond acceptors (Lipinski definition) is 2. The van der Waals surface area contributed by atoms with Crippen molar-refractivity contribution in [2.24, 2.45) is 0 Å². The Kier molecular flexibility index (Phi) is 2.93. The second-order valence-corrected chi connectivity index (χ2v) is 2.38. The van der Waals surface area contributed by atoms with Gasteiger partial charge in [0.25, 0.3) is 0 Å². The number of halogens is 2. The zero-order valence-corrected chi connectivity index (χ0v) is 6.60. The van der Waals surface area contributed by atoms with Gasteiger partial charge in [-0.15, -0.1) is 0 Å². The number of nitrogens with zero attached hydrogens (tertiary/aromatic N) is 1. The molecule has 0 bridgehead atoms. The van der Waals surface area contributed by atoms with Gasteiger partial charge in [0.2, 0.25) is 0 Å². The average molecular weight is 177 g/mol. The summed E-state index contributed by atoms with van der Waals surface area (Å²) in [7, 11) is 0. The van der Waals surface area contributed by atoms with Crippen LogP contribution in [-0.2, 0) is 0 Å². The van der Waals surface area contributed by atoms with Crippen molar-refractivity contribution in [2.75, 3.05) is 0 Å². The molecule has 1 atom stereocenters. The maximum atomic E-state index is 5.69. The number of pyridine rings is 1. The fraction of sp³-hybridized carbons (Fsp3) is 0.167. The van der Waals surface area contributed by atoms with E-state index >= 15 is 0 Å². The van der Waals surface area contributed by atoms with Crippen LogP contribution in [0.15, 0.2) is 24.4 Å². The van der Waals surface area contributed by atoms with Gasteiger partial charge in [-0.25, -0.2) is 4.84 Å². The molecule has 10 heavy (non-hydrogen) atoms. The van der Waals surface area contributed by atoms with Gasteiger partial charge >= 0.3 is 0 Å². The Hall–Kier alpha value is -0.310. The lowest BCUT2D eigenvalue weighted by Crippen LogP contribution is -2.04. The quantitative estimate of drug-likeness (QED) is 0.424. The summed E-state index contributed by atoms with van der Waals surface area (Å²) in [5.74, 6) is 0. The third kappa shape index (κ3) is 1.84. The molecule has 1 N–H and O–H groups in total. The van der Waals surface area contributed by atoms with E-state index in [9.17, 15) is 0 Å². The molecule has 1 aromatic heterocycles. The molecule has 1 aromatic rings. The van der Waals surface area contributed by atoms with Crippen molar-refractivity contribution >= 4 is 23.4 Å². The zero-order chi connectivity index (χ0) is 7.40. The first-order chi connectivity index (χ1) is 4.84. The van der Waals surface area contributed by atoms with Crippen molar-refractivity contribution in [3.8, 4) is 0 Å². The van der Waals surface area contributed by atoms with Gasteiger partial charge < -0.3 is 0 Å². The zero-order valence-electron chi connectivity index (χ0n) is 5.09. The summed E-state index contributed by atoms with van der Waals surface area (Å²) in [4.78, 5) is 6.33. The van der Waals surface area contributed by atoms with Gasteiger partial charge in [-0.2, -0.15) is 0 Å². The number of alkyl halides is 1. The highest BCUT2D eigenvalue weighted by Crippen LogP contribution is 2.13. The van der Waals surface area contributed by atoms with E-state index in [1.807, 2.05) is 12.1 Å². The van der Waals surface area contributed by atoms with Crippen LogP contribution in [-0.4, -0.2) is 4.98 Å². The Morgan fingerprint density at radius 2 is 2.30 bits per heavy atom. The molecule has 1 heterocycles. The minimum atomic E-state index is -0.414. The van der Waals surface area contributed by atoms with Crippen LogP contribution in [0, 0.1) is 0 Å². The van der Waals surface area contributed by atoms with Crippen LogP contribution in [0.5, 0.6) is 0 Å². The SMILES string of the molecule is ClNC(Cl)c1ccccn1. The molecule has 54 valence electrons. The van der Waals surface area contributed by atoms with E-state index in [4.69, 9.17) is 23.4 Å². The van der Waals surface area contributed by atoms with Gasteiger partial charge in [0.15, 0.2) is 0 Å². The average Bonchev–Trinajstić information content (AvgIpc) is 2.05. The predicted molar refractivity (Wildman–Crippen MR) is 41.8 cm³/mol. The van der Waals surface area contributed by atoms with Crippen LogP contribution in [0.3, 0.4) is 0 Å². The van der Waals surface area contributed by atoms with Crippen LogP contribution in [0.2, 0.25) is 0 Å². The van der Waals surface area contributed by atoms with Crippen molar-refractivity contribution in [1.29, 1.82) is 0 Å². The van der Waals surface area contributed by atoms with E-state index in [2.05, 4.69) is 9.82 Å². The minimum Gasteiger partial charge on any atom is -0.258 e. The second-order valence-electron chi connectivity index (χ2n) is 1.73. The Balaban J connectivity index is 2.75. The molecule has 0 spiro atoms. The predicted octanol–water partition coefficient (Wildman–Crippen LogP) is 2.06. The van der Waals surface area contributed by atoms with E-state index in [-0.39, 0.29) is 0 Å². The van der Waals surface area contributed by atoms with Crippen LogP contribution in [0.4, 0.5) is 0 Å². The minimum absolute atomic E-state index is 0.414. The molecule has 0 saturated carbocycles. The number of rotatable bonds is 2. The molecule has 0 aliphatic heterocycles. The summed E-state index contributed by atoms with van der Waals surface area (Å²) >= 11 is 10.9. The molecule has 2 nitrogen and oxygen atoms in total. The molecule has 0 radical (unpaired) electrons. The second kappa shape index (κ2) is 3.76. The van der Waals surface area contributed by atoms with E-state index in [1.165, 1.54) is 0 Å². The third-order valence-corrected chi connectivity index (χ3v) is 1.71. The van der Waals surface area contributed by atoms with Crippen LogP contribution >= 0.6 is 23.4 Å². The highest BCUT2D eigenvalue weighted by atomic mass is 35.5. The summed E-state index contributed by atoms with van der Waals surface area (Å²) in [6, 6.07) is 5.47. The normalized spacial score (nSPS) is 13.0. The topological polar surface area (TPSA) is 24.9 Å². The van der Waals surface area contributed by atoms with Gasteiger partial charge in [0.05, 0.1) is 5.69 Å². The lowest BCUT2D eigenvalue weighted by molar-refractivity contribution is 0.872. The number of aromatic nitrogens is 1. The molecule has 4 heteroatoms. The Morgan fingerprint density at radius 1 is 1.50 bits per heavy atom. The van der Waals surface area contributed by atoms with E-state index in [0.29, 0.717) is 0 Å².